The first kappa shape index (κ1) is 13.2. The summed E-state index contributed by atoms with van der Waals surface area (Å²) >= 11 is 4.34. The van der Waals surface area contributed by atoms with Gasteiger partial charge in [-0.1, -0.05) is 0 Å². The molecule has 0 saturated carbocycles. The summed E-state index contributed by atoms with van der Waals surface area (Å²) in [6.07, 6.45) is 2.68. The van der Waals surface area contributed by atoms with Gasteiger partial charge in [0.15, 0.2) is 5.00 Å². The summed E-state index contributed by atoms with van der Waals surface area (Å²) in [7, 11) is 0. The van der Waals surface area contributed by atoms with Crippen LogP contribution in [0, 0.1) is 0 Å². The van der Waals surface area contributed by atoms with Gasteiger partial charge in [-0.3, -0.25) is 10.4 Å². The van der Waals surface area contributed by atoms with Gasteiger partial charge in [-0.15, -0.1) is 16.6 Å². The molecule has 0 bridgehead atoms. The quantitative estimate of drug-likeness (QED) is 0.508. The summed E-state index contributed by atoms with van der Waals surface area (Å²) in [5.41, 5.74) is 0.509. The van der Waals surface area contributed by atoms with Crippen LogP contribution in [0.1, 0.15) is 12.5 Å². The number of carbonyl (C=O) groups excluding carboxylic acids is 1. The van der Waals surface area contributed by atoms with E-state index in [9.17, 15) is 4.79 Å². The van der Waals surface area contributed by atoms with E-state index in [0.29, 0.717) is 12.2 Å². The molecule has 88 valence electrons. The molecule has 0 aromatic carbocycles. The fourth-order valence-corrected chi connectivity index (χ4v) is 2.39. The highest BCUT2D eigenvalue weighted by molar-refractivity contribution is 9.11. The van der Waals surface area contributed by atoms with Gasteiger partial charge in [0.2, 0.25) is 0 Å². The van der Waals surface area contributed by atoms with E-state index in [-0.39, 0.29) is 10.2 Å². The monoisotopic (exact) mass is 307 g/mol. The van der Waals surface area contributed by atoms with Crippen molar-refractivity contribution in [2.75, 3.05) is 11.8 Å². The van der Waals surface area contributed by atoms with Gasteiger partial charge < -0.3 is 4.74 Å². The Morgan fingerprint density at radius 2 is 2.38 bits per heavy atom. The lowest BCUT2D eigenvalue weighted by Gasteiger charge is -2.05. The Hall–Kier alpha value is -0.890. The van der Waals surface area contributed by atoms with Gasteiger partial charge in [-0.05, 0) is 35.0 Å². The summed E-state index contributed by atoms with van der Waals surface area (Å²) in [5, 5.41) is 18.1. The van der Waals surface area contributed by atoms with Crippen LogP contribution < -0.4 is 5.23 Å². The minimum atomic E-state index is -0.474. The van der Waals surface area contributed by atoms with Crippen molar-refractivity contribution in [3.05, 3.63) is 21.5 Å². The molecule has 0 saturated heterocycles. The largest absolute Gasteiger partial charge is 0.463 e. The van der Waals surface area contributed by atoms with Gasteiger partial charge >= 0.3 is 5.97 Å². The first-order chi connectivity index (χ1) is 7.54. The van der Waals surface area contributed by atoms with Crippen molar-refractivity contribution in [3.63, 3.8) is 0 Å². The Labute approximate surface area is 105 Å². The van der Waals surface area contributed by atoms with E-state index in [1.807, 2.05) is 0 Å². The lowest BCUT2D eigenvalue weighted by atomic mass is 10.3. The Morgan fingerprint density at radius 3 is 2.94 bits per heavy atom. The highest BCUT2D eigenvalue weighted by Crippen LogP contribution is 2.34. The fourth-order valence-electron chi connectivity index (χ4n) is 0.989. The van der Waals surface area contributed by atoms with Crippen molar-refractivity contribution in [1.82, 2.24) is 0 Å². The molecule has 16 heavy (non-hydrogen) atoms. The minimum absolute atomic E-state index is 0.0141. The maximum Gasteiger partial charge on any atom is 0.330 e. The molecule has 1 heterocycles. The second-order valence-electron chi connectivity index (χ2n) is 2.69. The third-order valence-electron chi connectivity index (χ3n) is 1.58. The normalized spacial score (nSPS) is 10.8. The van der Waals surface area contributed by atoms with Gasteiger partial charge in [0, 0.05) is 11.6 Å². The van der Waals surface area contributed by atoms with Crippen LogP contribution >= 0.6 is 27.3 Å². The van der Waals surface area contributed by atoms with Crippen molar-refractivity contribution >= 4 is 44.3 Å². The van der Waals surface area contributed by atoms with Crippen molar-refractivity contribution in [1.29, 1.82) is 0 Å². The third kappa shape index (κ3) is 3.60. The van der Waals surface area contributed by atoms with Crippen LogP contribution in [0.3, 0.4) is 0 Å². The summed E-state index contributed by atoms with van der Waals surface area (Å²) < 4.78 is 5.42. The molecular formula is C9H10BrNO4S. The number of nitrogens with zero attached hydrogens (tertiary/aromatic N) is 1. The predicted molar refractivity (Wildman–Crippen MR) is 63.7 cm³/mol. The highest BCUT2D eigenvalue weighted by Gasteiger charge is 2.10. The average molecular weight is 308 g/mol. The number of ether oxygens (including phenoxy) is 1. The van der Waals surface area contributed by atoms with Gasteiger partial charge in [0.1, 0.15) is 0 Å². The number of hydrogen-bond donors (Lipinski definition) is 2. The Kier molecular flexibility index (Phi) is 4.94. The second kappa shape index (κ2) is 6.00. The number of carbonyl (C=O) groups is 1. The molecule has 1 aromatic heterocycles. The molecule has 1 aromatic rings. The van der Waals surface area contributed by atoms with Crippen molar-refractivity contribution < 1.29 is 19.9 Å². The molecule has 0 unspecified atom stereocenters. The minimum Gasteiger partial charge on any atom is -0.463 e. The molecule has 0 atom stereocenters. The average Bonchev–Trinajstić information content (AvgIpc) is 2.57. The van der Waals surface area contributed by atoms with Gasteiger partial charge in [-0.2, -0.15) is 0 Å². The van der Waals surface area contributed by atoms with Gasteiger partial charge in [0.05, 0.1) is 10.4 Å². The van der Waals surface area contributed by atoms with Gasteiger partial charge in [-0.25, -0.2) is 4.79 Å². The molecule has 0 radical (unpaired) electrons. The summed E-state index contributed by atoms with van der Waals surface area (Å²) in [4.78, 5) is 11.0. The fraction of sp³-hybridized carbons (Fsp3) is 0.222. The van der Waals surface area contributed by atoms with Crippen LogP contribution in [-0.2, 0) is 9.53 Å². The van der Waals surface area contributed by atoms with Crippen molar-refractivity contribution in [2.24, 2.45) is 0 Å². The van der Waals surface area contributed by atoms with E-state index in [0.717, 1.165) is 15.1 Å². The highest BCUT2D eigenvalue weighted by atomic mass is 79.9. The summed E-state index contributed by atoms with van der Waals surface area (Å²) in [6, 6.07) is 1.66. The Morgan fingerprint density at radius 1 is 1.69 bits per heavy atom. The number of esters is 1. The SMILES string of the molecule is CCOC(=O)C=Cc1cc(Br)sc1N(O)O. The van der Waals surface area contributed by atoms with E-state index >= 15 is 0 Å². The maximum absolute atomic E-state index is 11.0. The number of thiophene rings is 1. The van der Waals surface area contributed by atoms with Crippen LogP contribution in [0.15, 0.2) is 15.9 Å². The Bertz CT molecular complexity index is 402. The van der Waals surface area contributed by atoms with E-state index in [2.05, 4.69) is 15.9 Å². The van der Waals surface area contributed by atoms with E-state index in [1.54, 1.807) is 13.0 Å². The van der Waals surface area contributed by atoms with Crippen LogP contribution in [0.4, 0.5) is 5.00 Å². The molecule has 0 aliphatic carbocycles. The molecule has 7 heteroatoms. The first-order valence-electron chi connectivity index (χ1n) is 4.36. The summed E-state index contributed by atoms with van der Waals surface area (Å²) in [6.45, 7) is 2.01. The standard InChI is InChI=1S/C9H10BrNO4S/c1-2-15-8(12)4-3-6-5-7(10)16-9(6)11(13)14/h3-5,13-14H,2H2,1H3. The third-order valence-corrected chi connectivity index (χ3v) is 3.20. The topological polar surface area (TPSA) is 70.0 Å². The number of anilines is 1. The van der Waals surface area contributed by atoms with Crippen LogP contribution in [0.25, 0.3) is 6.08 Å². The first-order valence-corrected chi connectivity index (χ1v) is 5.97. The molecule has 2 N–H and O–H groups in total. The maximum atomic E-state index is 11.0. The lowest BCUT2D eigenvalue weighted by Crippen LogP contribution is -2.10. The molecule has 0 fully saturated rings. The molecule has 0 aliphatic rings. The van der Waals surface area contributed by atoms with Gasteiger partial charge in [0.25, 0.3) is 0 Å². The van der Waals surface area contributed by atoms with E-state index < -0.39 is 5.97 Å². The molecule has 1 rings (SSSR count). The van der Waals surface area contributed by atoms with Crippen molar-refractivity contribution in [2.45, 2.75) is 6.92 Å². The molecule has 0 spiro atoms. The van der Waals surface area contributed by atoms with Crippen LogP contribution in [0.2, 0.25) is 0 Å². The Balaban J connectivity index is 2.84. The molecule has 0 aliphatic heterocycles. The van der Waals surface area contributed by atoms with E-state index in [1.165, 1.54) is 12.2 Å². The lowest BCUT2D eigenvalue weighted by molar-refractivity contribution is -0.137. The molecule has 0 amide bonds. The van der Waals surface area contributed by atoms with Crippen molar-refractivity contribution in [3.8, 4) is 0 Å². The zero-order valence-electron chi connectivity index (χ0n) is 8.38. The van der Waals surface area contributed by atoms with Crippen LogP contribution in [0.5, 0.6) is 0 Å². The predicted octanol–water partition coefficient (Wildman–Crippen LogP) is 2.67. The molecule has 5 nitrogen and oxygen atoms in total. The second-order valence-corrected chi connectivity index (χ2v) is 5.10. The summed E-state index contributed by atoms with van der Waals surface area (Å²) in [5.74, 6) is -0.474. The van der Waals surface area contributed by atoms with Crippen LogP contribution in [-0.4, -0.2) is 23.0 Å². The number of halogens is 1. The van der Waals surface area contributed by atoms with E-state index in [4.69, 9.17) is 15.2 Å². The zero-order valence-corrected chi connectivity index (χ0v) is 10.8. The number of rotatable bonds is 4. The number of hydrogen-bond acceptors (Lipinski definition) is 6. The molecular weight excluding hydrogens is 298 g/mol. The smallest absolute Gasteiger partial charge is 0.330 e. The zero-order chi connectivity index (χ0) is 12.1.